The van der Waals surface area contributed by atoms with Crippen LogP contribution >= 0.6 is 0 Å². The molecule has 0 aliphatic heterocycles. The lowest BCUT2D eigenvalue weighted by molar-refractivity contribution is -0.119. The number of aliphatic hydroxyl groups is 2. The summed E-state index contributed by atoms with van der Waals surface area (Å²) in [5.41, 5.74) is 2.26. The molecule has 0 saturated heterocycles. The van der Waals surface area contributed by atoms with Crippen molar-refractivity contribution in [3.63, 3.8) is 0 Å². The Hall–Kier alpha value is -2.83. The lowest BCUT2D eigenvalue weighted by Crippen LogP contribution is -2.28. The number of hydrogen-bond donors (Lipinski definition) is 3. The van der Waals surface area contributed by atoms with Crippen LogP contribution < -0.4 is 5.32 Å². The van der Waals surface area contributed by atoms with Crippen LogP contribution in [0.2, 0.25) is 0 Å². The fourth-order valence-corrected chi connectivity index (χ4v) is 3.10. The molecule has 2 aromatic carbocycles. The van der Waals surface area contributed by atoms with E-state index in [0.29, 0.717) is 22.3 Å². The van der Waals surface area contributed by atoms with Gasteiger partial charge in [-0.15, -0.1) is 0 Å². The van der Waals surface area contributed by atoms with Gasteiger partial charge in [-0.3, -0.25) is 14.4 Å². The quantitative estimate of drug-likeness (QED) is 0.709. The second-order valence-electron chi connectivity index (χ2n) is 6.29. The van der Waals surface area contributed by atoms with Gasteiger partial charge in [0, 0.05) is 24.6 Å². The van der Waals surface area contributed by atoms with Gasteiger partial charge in [0.15, 0.2) is 0 Å². The third kappa shape index (κ3) is 3.29. The minimum Gasteiger partial charge on any atom is -0.390 e. The number of carbonyl (C=O) groups excluding carboxylic acids is 3. The van der Waals surface area contributed by atoms with Crippen LogP contribution in [0.15, 0.2) is 42.5 Å². The standard InChI is InChI=1S/C20H19NO5/c1-11(22)21-9-8-17(23)18(24)12-6-7-15-16(10-12)13-4-2-3-5-14(13)19(25)20(15)26/h2-7,10,17-18,23-24H,8-9H2,1H3,(H,21,22). The maximum absolute atomic E-state index is 12.3. The number of hydrogen-bond acceptors (Lipinski definition) is 5. The van der Waals surface area contributed by atoms with Gasteiger partial charge in [-0.25, -0.2) is 0 Å². The maximum atomic E-state index is 12.3. The maximum Gasteiger partial charge on any atom is 0.234 e. The Balaban J connectivity index is 1.90. The first-order valence-corrected chi connectivity index (χ1v) is 8.33. The molecule has 6 nitrogen and oxygen atoms in total. The molecule has 26 heavy (non-hydrogen) atoms. The van der Waals surface area contributed by atoms with Crippen molar-refractivity contribution in [3.8, 4) is 11.1 Å². The van der Waals surface area contributed by atoms with Crippen LogP contribution in [0, 0.1) is 0 Å². The Morgan fingerprint density at radius 2 is 1.58 bits per heavy atom. The Morgan fingerprint density at radius 3 is 2.23 bits per heavy atom. The van der Waals surface area contributed by atoms with E-state index in [9.17, 15) is 24.6 Å². The second kappa shape index (κ2) is 7.19. The molecule has 0 bridgehead atoms. The highest BCUT2D eigenvalue weighted by atomic mass is 16.3. The zero-order chi connectivity index (χ0) is 18.8. The van der Waals surface area contributed by atoms with Crippen LogP contribution in [0.3, 0.4) is 0 Å². The lowest BCUT2D eigenvalue weighted by atomic mass is 9.82. The number of benzene rings is 2. The molecule has 0 fully saturated rings. The Morgan fingerprint density at radius 1 is 0.962 bits per heavy atom. The predicted molar refractivity (Wildman–Crippen MR) is 94.8 cm³/mol. The molecule has 1 aliphatic rings. The molecule has 0 saturated carbocycles. The van der Waals surface area contributed by atoms with Crippen molar-refractivity contribution < 1.29 is 24.6 Å². The molecule has 134 valence electrons. The number of rotatable bonds is 5. The number of nitrogens with one attached hydrogen (secondary N) is 1. The number of ketones is 2. The van der Waals surface area contributed by atoms with Crippen LogP contribution in [0.25, 0.3) is 11.1 Å². The molecule has 0 radical (unpaired) electrons. The van der Waals surface area contributed by atoms with Crippen LogP contribution in [0.5, 0.6) is 0 Å². The topological polar surface area (TPSA) is 104 Å². The molecule has 3 N–H and O–H groups in total. The second-order valence-corrected chi connectivity index (χ2v) is 6.29. The van der Waals surface area contributed by atoms with Gasteiger partial charge in [0.25, 0.3) is 0 Å². The van der Waals surface area contributed by atoms with Gasteiger partial charge in [-0.1, -0.05) is 30.3 Å². The minimum absolute atomic E-state index is 0.186. The van der Waals surface area contributed by atoms with Crippen LogP contribution in [0.1, 0.15) is 45.7 Å². The average molecular weight is 353 g/mol. The van der Waals surface area contributed by atoms with E-state index in [0.717, 1.165) is 0 Å². The van der Waals surface area contributed by atoms with E-state index in [4.69, 9.17) is 0 Å². The van der Waals surface area contributed by atoms with Crippen molar-refractivity contribution >= 4 is 17.5 Å². The molecular weight excluding hydrogens is 334 g/mol. The number of fused-ring (bicyclic) bond motifs is 3. The van der Waals surface area contributed by atoms with Crippen LogP contribution in [-0.2, 0) is 4.79 Å². The molecule has 2 unspecified atom stereocenters. The monoisotopic (exact) mass is 353 g/mol. The van der Waals surface area contributed by atoms with Crippen molar-refractivity contribution in [3.05, 3.63) is 59.2 Å². The van der Waals surface area contributed by atoms with E-state index >= 15 is 0 Å². The molecule has 6 heteroatoms. The fourth-order valence-electron chi connectivity index (χ4n) is 3.10. The Bertz CT molecular complexity index is 890. The van der Waals surface area contributed by atoms with Gasteiger partial charge in [0.05, 0.1) is 6.10 Å². The molecule has 2 aromatic rings. The summed E-state index contributed by atoms with van der Waals surface area (Å²) >= 11 is 0. The molecule has 0 spiro atoms. The largest absolute Gasteiger partial charge is 0.390 e. The van der Waals surface area contributed by atoms with Gasteiger partial charge in [-0.05, 0) is 35.2 Å². The van der Waals surface area contributed by atoms with E-state index in [1.165, 1.54) is 19.1 Å². The van der Waals surface area contributed by atoms with Crippen LogP contribution in [-0.4, -0.2) is 40.3 Å². The minimum atomic E-state index is -1.17. The zero-order valence-electron chi connectivity index (χ0n) is 14.2. The predicted octanol–water partition coefficient (Wildman–Crippen LogP) is 1.65. The van der Waals surface area contributed by atoms with Crippen molar-refractivity contribution in [2.24, 2.45) is 0 Å². The Kier molecular flexibility index (Phi) is 4.97. The molecular formula is C20H19NO5. The normalized spacial score (nSPS) is 15.0. The van der Waals surface area contributed by atoms with E-state index in [2.05, 4.69) is 5.32 Å². The summed E-state index contributed by atoms with van der Waals surface area (Å²) in [5.74, 6) is -1.33. The number of Topliss-reactive ketones (excluding diaryl/α,β-unsaturated/α-hetero) is 2. The van der Waals surface area contributed by atoms with Gasteiger partial charge in [0.2, 0.25) is 17.5 Å². The molecule has 1 amide bonds. The summed E-state index contributed by atoms with van der Waals surface area (Å²) in [5, 5.41) is 23.1. The van der Waals surface area contributed by atoms with E-state index < -0.39 is 23.8 Å². The fraction of sp³-hybridized carbons (Fsp3) is 0.250. The summed E-state index contributed by atoms with van der Waals surface area (Å²) < 4.78 is 0. The van der Waals surface area contributed by atoms with Gasteiger partial charge in [-0.2, -0.15) is 0 Å². The van der Waals surface area contributed by atoms with Crippen LogP contribution in [0.4, 0.5) is 0 Å². The molecule has 0 aromatic heterocycles. The SMILES string of the molecule is CC(=O)NCCC(O)C(O)c1ccc2c(c1)-c1ccccc1C(=O)C2=O. The zero-order valence-corrected chi connectivity index (χ0v) is 14.2. The number of amides is 1. The summed E-state index contributed by atoms with van der Waals surface area (Å²) in [6, 6.07) is 11.5. The van der Waals surface area contributed by atoms with Crippen molar-refractivity contribution in [2.45, 2.75) is 25.6 Å². The summed E-state index contributed by atoms with van der Waals surface area (Å²) in [7, 11) is 0. The molecule has 3 rings (SSSR count). The Labute approximate surface area is 150 Å². The van der Waals surface area contributed by atoms with E-state index in [1.807, 2.05) is 0 Å². The number of carbonyl (C=O) groups is 3. The van der Waals surface area contributed by atoms with Crippen molar-refractivity contribution in [2.75, 3.05) is 6.54 Å². The first-order valence-electron chi connectivity index (χ1n) is 8.33. The molecule has 0 heterocycles. The van der Waals surface area contributed by atoms with Gasteiger partial charge >= 0.3 is 0 Å². The highest BCUT2D eigenvalue weighted by Gasteiger charge is 2.31. The summed E-state index contributed by atoms with van der Waals surface area (Å²) in [4.78, 5) is 35.4. The van der Waals surface area contributed by atoms with E-state index in [1.54, 1.807) is 30.3 Å². The highest BCUT2D eigenvalue weighted by molar-refractivity contribution is 6.52. The third-order valence-electron chi connectivity index (χ3n) is 4.48. The van der Waals surface area contributed by atoms with Gasteiger partial charge in [0.1, 0.15) is 6.10 Å². The first-order chi connectivity index (χ1) is 12.4. The first kappa shape index (κ1) is 18.0. The third-order valence-corrected chi connectivity index (χ3v) is 4.48. The van der Waals surface area contributed by atoms with Gasteiger partial charge < -0.3 is 15.5 Å². The summed E-state index contributed by atoms with van der Waals surface area (Å²) in [6.45, 7) is 1.62. The van der Waals surface area contributed by atoms with Crippen molar-refractivity contribution in [1.82, 2.24) is 5.32 Å². The average Bonchev–Trinajstić information content (AvgIpc) is 2.64. The van der Waals surface area contributed by atoms with E-state index in [-0.39, 0.29) is 24.4 Å². The lowest BCUT2D eigenvalue weighted by Gasteiger charge is -2.22. The number of aliphatic hydroxyl groups excluding tert-OH is 2. The summed E-state index contributed by atoms with van der Waals surface area (Å²) in [6.07, 6.45) is -2.06. The highest BCUT2D eigenvalue weighted by Crippen LogP contribution is 2.35. The van der Waals surface area contributed by atoms with Crippen molar-refractivity contribution in [1.29, 1.82) is 0 Å². The molecule has 1 aliphatic carbocycles. The smallest absolute Gasteiger partial charge is 0.234 e. The molecule has 2 atom stereocenters.